The van der Waals surface area contributed by atoms with Crippen LogP contribution in [-0.2, 0) is 25.6 Å². The van der Waals surface area contributed by atoms with Crippen LogP contribution < -0.4 is 4.90 Å². The summed E-state index contributed by atoms with van der Waals surface area (Å²) in [4.78, 5) is 36.2. The minimum absolute atomic E-state index is 0.0361. The molecule has 0 saturated carbocycles. The quantitative estimate of drug-likeness (QED) is 0.273. The van der Waals surface area contributed by atoms with E-state index in [1.54, 1.807) is 25.2 Å². The van der Waals surface area contributed by atoms with Crippen molar-refractivity contribution in [3.05, 3.63) is 42.3 Å². The largest absolute Gasteiger partial charge is 0.472 e. The molecule has 1 aliphatic heterocycles. The highest BCUT2D eigenvalue weighted by Gasteiger charge is 2.33. The molecule has 1 fully saturated rings. The molecule has 14 nitrogen and oxygen atoms in total. The van der Waals surface area contributed by atoms with Crippen LogP contribution in [0.3, 0.4) is 0 Å². The van der Waals surface area contributed by atoms with Crippen LogP contribution >= 0.6 is 7.82 Å². The van der Waals surface area contributed by atoms with Gasteiger partial charge in [0.1, 0.15) is 17.6 Å². The summed E-state index contributed by atoms with van der Waals surface area (Å²) in [5, 5.41) is 21.0. The molecular formula is C19H20FN6O8P. The Kier molecular flexibility index (Phi) is 7.16. The van der Waals surface area contributed by atoms with Crippen LogP contribution in [0.5, 0.6) is 0 Å². The first-order chi connectivity index (χ1) is 16.6. The van der Waals surface area contributed by atoms with Crippen molar-refractivity contribution in [3.8, 4) is 22.6 Å². The molecule has 0 aliphatic carbocycles. The van der Waals surface area contributed by atoms with E-state index in [1.807, 2.05) is 0 Å². The van der Waals surface area contributed by atoms with Gasteiger partial charge in [0.15, 0.2) is 6.29 Å². The Morgan fingerprint density at radius 2 is 2.11 bits per heavy atom. The number of anilines is 1. The molecule has 0 spiro atoms. The molecule has 2 aromatic heterocycles. The van der Waals surface area contributed by atoms with Gasteiger partial charge in [0, 0.05) is 17.3 Å². The first-order valence-electron chi connectivity index (χ1n) is 10.1. The smallest absolute Gasteiger partial charge is 0.441 e. The van der Waals surface area contributed by atoms with Crippen molar-refractivity contribution in [1.29, 1.82) is 0 Å². The third-order valence-electron chi connectivity index (χ3n) is 4.77. The van der Waals surface area contributed by atoms with Crippen molar-refractivity contribution in [2.24, 2.45) is 7.05 Å². The number of pyridine rings is 1. The molecular weight excluding hydrogens is 490 g/mol. The van der Waals surface area contributed by atoms with E-state index in [-0.39, 0.29) is 24.4 Å². The molecule has 1 aliphatic rings. The highest BCUT2D eigenvalue weighted by Crippen LogP contribution is 2.37. The lowest BCUT2D eigenvalue weighted by Gasteiger charge is -2.15. The third-order valence-corrected chi connectivity index (χ3v) is 5.29. The minimum atomic E-state index is -4.87. The number of aromatic nitrogens is 5. The average Bonchev–Trinajstić information content (AvgIpc) is 3.38. The van der Waals surface area contributed by atoms with E-state index in [0.717, 1.165) is 0 Å². The highest BCUT2D eigenvalue weighted by atomic mass is 31.2. The Bertz CT molecular complexity index is 1250. The van der Waals surface area contributed by atoms with Gasteiger partial charge in [-0.15, -0.1) is 10.2 Å². The molecule has 0 radical (unpaired) electrons. The number of tetrazole rings is 1. The van der Waals surface area contributed by atoms with Crippen molar-refractivity contribution < 1.29 is 42.6 Å². The first-order valence-corrected chi connectivity index (χ1v) is 11.6. The highest BCUT2D eigenvalue weighted by molar-refractivity contribution is 7.46. The summed E-state index contributed by atoms with van der Waals surface area (Å²) >= 11 is 0. The molecule has 186 valence electrons. The summed E-state index contributed by atoms with van der Waals surface area (Å²) in [6.45, 7) is -0.695. The molecule has 16 heteroatoms. The Morgan fingerprint density at radius 3 is 2.74 bits per heavy atom. The second-order valence-corrected chi connectivity index (χ2v) is 8.60. The topological polar surface area (TPSA) is 182 Å². The van der Waals surface area contributed by atoms with Gasteiger partial charge in [-0.3, -0.25) is 14.4 Å². The lowest BCUT2D eigenvalue weighted by atomic mass is 10.1. The SMILES string of the molecule is Cn1nnc(-c2ccc(-c3ccc(N4C[C@H](COCC(O)OP(=O)(O)O)OC4=O)cc3F)cn2)n1. The van der Waals surface area contributed by atoms with Crippen LogP contribution in [0.4, 0.5) is 14.9 Å². The number of aryl methyl sites for hydroxylation is 1. The number of aliphatic hydroxyl groups is 1. The number of phosphoric acid groups is 1. The predicted octanol–water partition coefficient (Wildman–Crippen LogP) is 0.848. The molecule has 2 atom stereocenters. The Hall–Kier alpha value is -3.33. The summed E-state index contributed by atoms with van der Waals surface area (Å²) < 4.78 is 39.8. The van der Waals surface area contributed by atoms with E-state index >= 15 is 0 Å². The monoisotopic (exact) mass is 510 g/mol. The van der Waals surface area contributed by atoms with Crippen molar-refractivity contribution in [2.45, 2.75) is 12.4 Å². The van der Waals surface area contributed by atoms with E-state index in [2.05, 4.69) is 24.9 Å². The zero-order chi connectivity index (χ0) is 25.2. The number of benzene rings is 1. The Labute approximate surface area is 197 Å². The summed E-state index contributed by atoms with van der Waals surface area (Å²) in [6, 6.07) is 7.56. The second kappa shape index (κ2) is 10.1. The summed E-state index contributed by atoms with van der Waals surface area (Å²) in [5.41, 5.74) is 1.52. The maximum Gasteiger partial charge on any atom is 0.472 e. The molecule has 1 saturated heterocycles. The van der Waals surface area contributed by atoms with Gasteiger partial charge in [-0.05, 0) is 29.5 Å². The molecule has 4 rings (SSSR count). The van der Waals surface area contributed by atoms with Gasteiger partial charge >= 0.3 is 13.9 Å². The van der Waals surface area contributed by atoms with Crippen molar-refractivity contribution in [3.63, 3.8) is 0 Å². The van der Waals surface area contributed by atoms with Gasteiger partial charge in [-0.1, -0.05) is 6.07 Å². The molecule has 35 heavy (non-hydrogen) atoms. The number of ether oxygens (including phenoxy) is 2. The van der Waals surface area contributed by atoms with Crippen molar-refractivity contribution in [1.82, 2.24) is 25.2 Å². The predicted molar refractivity (Wildman–Crippen MR) is 115 cm³/mol. The minimum Gasteiger partial charge on any atom is -0.441 e. The van der Waals surface area contributed by atoms with E-state index in [0.29, 0.717) is 17.1 Å². The maximum atomic E-state index is 14.9. The molecule has 1 unspecified atom stereocenters. The van der Waals surface area contributed by atoms with Crippen LogP contribution in [-0.4, -0.2) is 78.3 Å². The number of amides is 1. The summed E-state index contributed by atoms with van der Waals surface area (Å²) in [5.74, 6) is -0.246. The van der Waals surface area contributed by atoms with Gasteiger partial charge in [-0.2, -0.15) is 4.80 Å². The number of halogens is 1. The lowest BCUT2D eigenvalue weighted by Crippen LogP contribution is -2.27. The van der Waals surface area contributed by atoms with E-state index in [1.165, 1.54) is 28.0 Å². The molecule has 3 aromatic rings. The van der Waals surface area contributed by atoms with Gasteiger partial charge < -0.3 is 24.4 Å². The van der Waals surface area contributed by atoms with Gasteiger partial charge in [0.25, 0.3) is 0 Å². The number of phosphoric ester groups is 1. The van der Waals surface area contributed by atoms with Crippen LogP contribution in [0.1, 0.15) is 0 Å². The normalized spacial score (nSPS) is 17.0. The molecule has 0 bridgehead atoms. The number of rotatable bonds is 9. The number of aliphatic hydroxyl groups excluding tert-OH is 1. The number of hydrogen-bond donors (Lipinski definition) is 3. The van der Waals surface area contributed by atoms with Crippen LogP contribution in [0.2, 0.25) is 0 Å². The molecule has 3 heterocycles. The number of nitrogens with zero attached hydrogens (tertiary/aromatic N) is 6. The Balaban J connectivity index is 1.37. The fourth-order valence-corrected chi connectivity index (χ4v) is 3.66. The zero-order valence-electron chi connectivity index (χ0n) is 18.1. The maximum absolute atomic E-state index is 14.9. The van der Waals surface area contributed by atoms with E-state index < -0.39 is 38.7 Å². The second-order valence-electron chi connectivity index (χ2n) is 7.40. The van der Waals surface area contributed by atoms with Gasteiger partial charge in [0.2, 0.25) is 5.82 Å². The summed E-state index contributed by atoms with van der Waals surface area (Å²) in [6.07, 6.45) is -1.85. The molecule has 1 amide bonds. The third kappa shape index (κ3) is 6.22. The lowest BCUT2D eigenvalue weighted by molar-refractivity contribution is -0.0967. The summed E-state index contributed by atoms with van der Waals surface area (Å²) in [7, 11) is -3.24. The standard InChI is InChI=1S/C19H20FN6O8P/c1-25-23-18(22-24-25)16-5-2-11(7-21-16)14-4-3-12(6-15(14)20)26-8-13(33-19(26)28)9-32-10-17(27)34-35(29,30)31/h2-7,13,17,27H,8-10H2,1H3,(H2,29,30,31)/t13-,17?/m1/s1. The zero-order valence-corrected chi connectivity index (χ0v) is 19.0. The fraction of sp³-hybridized carbons (Fsp3) is 0.316. The van der Waals surface area contributed by atoms with Crippen LogP contribution in [0.15, 0.2) is 36.5 Å². The van der Waals surface area contributed by atoms with Gasteiger partial charge in [-0.25, -0.2) is 13.8 Å². The van der Waals surface area contributed by atoms with E-state index in [4.69, 9.17) is 19.3 Å². The van der Waals surface area contributed by atoms with Gasteiger partial charge in [0.05, 0.1) is 32.5 Å². The number of carbonyl (C=O) groups is 1. The number of cyclic esters (lactones) is 1. The molecule has 3 N–H and O–H groups in total. The van der Waals surface area contributed by atoms with Crippen molar-refractivity contribution >= 4 is 19.6 Å². The average molecular weight is 510 g/mol. The first kappa shape index (κ1) is 24.8. The van der Waals surface area contributed by atoms with Crippen LogP contribution in [0, 0.1) is 5.82 Å². The number of hydrogen-bond acceptors (Lipinski definition) is 10. The van der Waals surface area contributed by atoms with Crippen LogP contribution in [0.25, 0.3) is 22.6 Å². The fourth-order valence-electron chi connectivity index (χ4n) is 3.29. The number of carbonyl (C=O) groups excluding carboxylic acids is 1. The van der Waals surface area contributed by atoms with Crippen molar-refractivity contribution in [2.75, 3.05) is 24.7 Å². The Morgan fingerprint density at radius 1 is 1.31 bits per heavy atom. The molecule has 1 aromatic carbocycles. The van der Waals surface area contributed by atoms with E-state index in [9.17, 15) is 18.9 Å².